The molecular formula is C21H18N4O2. The van der Waals surface area contributed by atoms with E-state index in [0.29, 0.717) is 11.4 Å². The molecule has 0 unspecified atom stereocenters. The summed E-state index contributed by atoms with van der Waals surface area (Å²) in [6.07, 6.45) is 5.56. The lowest BCUT2D eigenvalue weighted by molar-refractivity contribution is -0.115. The van der Waals surface area contributed by atoms with Crippen molar-refractivity contribution in [2.45, 2.75) is 6.42 Å². The van der Waals surface area contributed by atoms with E-state index >= 15 is 0 Å². The standard InChI is InChI=1S/C21H18N4O2/c1-27-19-11-17(25-20(26)12-16-4-2-3-8-22-16)5-6-18(19)15-10-14-7-9-23-21(14)24-13-15/h2-11,13H,12H2,1H3,(H,23,24)(H,25,26). The summed E-state index contributed by atoms with van der Waals surface area (Å²) in [7, 11) is 1.61. The molecule has 0 atom stereocenters. The molecule has 0 saturated carbocycles. The van der Waals surface area contributed by atoms with Gasteiger partial charge in [0.25, 0.3) is 0 Å². The van der Waals surface area contributed by atoms with Gasteiger partial charge in [-0.25, -0.2) is 4.98 Å². The second-order valence-corrected chi connectivity index (χ2v) is 6.10. The van der Waals surface area contributed by atoms with Gasteiger partial charge < -0.3 is 15.0 Å². The molecule has 0 saturated heterocycles. The Morgan fingerprint density at radius 2 is 2.07 bits per heavy atom. The van der Waals surface area contributed by atoms with Gasteiger partial charge in [-0.15, -0.1) is 0 Å². The largest absolute Gasteiger partial charge is 0.496 e. The molecule has 0 bridgehead atoms. The van der Waals surface area contributed by atoms with E-state index in [1.807, 2.05) is 48.7 Å². The van der Waals surface area contributed by atoms with Crippen molar-refractivity contribution in [2.75, 3.05) is 12.4 Å². The first-order chi connectivity index (χ1) is 13.2. The van der Waals surface area contributed by atoms with Gasteiger partial charge in [0.1, 0.15) is 11.4 Å². The highest BCUT2D eigenvalue weighted by molar-refractivity contribution is 5.93. The number of aromatic amines is 1. The normalized spacial score (nSPS) is 10.7. The van der Waals surface area contributed by atoms with Gasteiger partial charge in [0.15, 0.2) is 0 Å². The average Bonchev–Trinajstić information content (AvgIpc) is 3.16. The molecule has 4 rings (SSSR count). The van der Waals surface area contributed by atoms with E-state index in [1.54, 1.807) is 19.5 Å². The van der Waals surface area contributed by atoms with E-state index in [2.05, 4.69) is 26.3 Å². The topological polar surface area (TPSA) is 79.9 Å². The minimum atomic E-state index is -0.126. The number of nitrogens with zero attached hydrogens (tertiary/aromatic N) is 2. The summed E-state index contributed by atoms with van der Waals surface area (Å²) in [5.74, 6) is 0.543. The van der Waals surface area contributed by atoms with Crippen molar-refractivity contribution >= 4 is 22.6 Å². The lowest BCUT2D eigenvalue weighted by atomic mass is 10.0. The first kappa shape index (κ1) is 16.8. The highest BCUT2D eigenvalue weighted by Crippen LogP contribution is 2.33. The van der Waals surface area contributed by atoms with Crippen LogP contribution in [0.4, 0.5) is 5.69 Å². The van der Waals surface area contributed by atoms with Crippen LogP contribution in [-0.2, 0) is 11.2 Å². The Balaban J connectivity index is 1.56. The fraction of sp³-hybridized carbons (Fsp3) is 0.0952. The van der Waals surface area contributed by atoms with Crippen molar-refractivity contribution in [3.8, 4) is 16.9 Å². The third-order valence-corrected chi connectivity index (χ3v) is 4.26. The van der Waals surface area contributed by atoms with Crippen LogP contribution in [-0.4, -0.2) is 28.0 Å². The summed E-state index contributed by atoms with van der Waals surface area (Å²) in [5.41, 5.74) is 4.11. The van der Waals surface area contributed by atoms with Gasteiger partial charge in [0.2, 0.25) is 5.91 Å². The quantitative estimate of drug-likeness (QED) is 0.568. The Kier molecular flexibility index (Phi) is 4.53. The molecule has 3 aromatic heterocycles. The van der Waals surface area contributed by atoms with E-state index in [0.717, 1.165) is 27.9 Å². The molecule has 2 N–H and O–H groups in total. The zero-order valence-electron chi connectivity index (χ0n) is 14.8. The van der Waals surface area contributed by atoms with Gasteiger partial charge in [0, 0.05) is 52.6 Å². The van der Waals surface area contributed by atoms with Gasteiger partial charge in [-0.2, -0.15) is 0 Å². The number of hydrogen-bond acceptors (Lipinski definition) is 4. The lowest BCUT2D eigenvalue weighted by Crippen LogP contribution is -2.15. The first-order valence-electron chi connectivity index (χ1n) is 8.54. The molecule has 0 aliphatic heterocycles. The molecule has 0 radical (unpaired) electrons. The van der Waals surface area contributed by atoms with Gasteiger partial charge >= 0.3 is 0 Å². The Bertz CT molecular complexity index is 1090. The molecule has 0 aliphatic carbocycles. The molecule has 1 amide bonds. The molecule has 134 valence electrons. The number of benzene rings is 1. The SMILES string of the molecule is COc1cc(NC(=O)Cc2ccccn2)ccc1-c1cnc2[nH]ccc2c1. The summed E-state index contributed by atoms with van der Waals surface area (Å²) in [4.78, 5) is 23.9. The van der Waals surface area contributed by atoms with Crippen molar-refractivity contribution < 1.29 is 9.53 Å². The minimum absolute atomic E-state index is 0.126. The number of hydrogen-bond donors (Lipinski definition) is 2. The minimum Gasteiger partial charge on any atom is -0.496 e. The monoisotopic (exact) mass is 358 g/mol. The van der Waals surface area contributed by atoms with Crippen LogP contribution in [0.3, 0.4) is 0 Å². The van der Waals surface area contributed by atoms with Crippen LogP contribution < -0.4 is 10.1 Å². The van der Waals surface area contributed by atoms with Crippen molar-refractivity contribution in [1.29, 1.82) is 0 Å². The summed E-state index contributed by atoms with van der Waals surface area (Å²) >= 11 is 0. The summed E-state index contributed by atoms with van der Waals surface area (Å²) < 4.78 is 5.53. The van der Waals surface area contributed by atoms with Gasteiger partial charge in [0.05, 0.1) is 13.5 Å². The Morgan fingerprint density at radius 1 is 1.15 bits per heavy atom. The van der Waals surface area contributed by atoms with E-state index in [4.69, 9.17) is 4.74 Å². The number of anilines is 1. The van der Waals surface area contributed by atoms with Crippen molar-refractivity contribution in [3.05, 3.63) is 72.8 Å². The number of amides is 1. The Labute approximate surface area is 156 Å². The van der Waals surface area contributed by atoms with E-state index in [-0.39, 0.29) is 12.3 Å². The molecule has 4 aromatic rings. The van der Waals surface area contributed by atoms with E-state index in [1.165, 1.54) is 0 Å². The number of pyridine rings is 2. The molecule has 3 heterocycles. The number of methoxy groups -OCH3 is 1. The van der Waals surface area contributed by atoms with Crippen LogP contribution in [0.25, 0.3) is 22.2 Å². The highest BCUT2D eigenvalue weighted by atomic mass is 16.5. The molecule has 0 fully saturated rings. The number of rotatable bonds is 5. The fourth-order valence-corrected chi connectivity index (χ4v) is 2.97. The van der Waals surface area contributed by atoms with Gasteiger partial charge in [-0.1, -0.05) is 6.07 Å². The second kappa shape index (κ2) is 7.29. The predicted molar refractivity (Wildman–Crippen MR) is 105 cm³/mol. The zero-order valence-corrected chi connectivity index (χ0v) is 14.8. The number of nitrogens with one attached hydrogen (secondary N) is 2. The maximum absolute atomic E-state index is 12.2. The number of fused-ring (bicyclic) bond motifs is 1. The van der Waals surface area contributed by atoms with Crippen LogP contribution in [0.15, 0.2) is 67.1 Å². The predicted octanol–water partition coefficient (Wildman–Crippen LogP) is 3.81. The maximum atomic E-state index is 12.2. The third kappa shape index (κ3) is 3.64. The molecular weight excluding hydrogens is 340 g/mol. The fourth-order valence-electron chi connectivity index (χ4n) is 2.97. The maximum Gasteiger partial charge on any atom is 0.230 e. The van der Waals surface area contributed by atoms with E-state index in [9.17, 15) is 4.79 Å². The molecule has 1 aromatic carbocycles. The van der Waals surface area contributed by atoms with Crippen LogP contribution in [0, 0.1) is 0 Å². The summed E-state index contributed by atoms with van der Waals surface area (Å²) in [6, 6.07) is 15.1. The number of ether oxygens (including phenoxy) is 1. The van der Waals surface area contributed by atoms with Crippen LogP contribution in [0.2, 0.25) is 0 Å². The molecule has 6 nitrogen and oxygen atoms in total. The van der Waals surface area contributed by atoms with Gasteiger partial charge in [-0.3, -0.25) is 9.78 Å². The Hall–Kier alpha value is -3.67. The highest BCUT2D eigenvalue weighted by Gasteiger charge is 2.11. The summed E-state index contributed by atoms with van der Waals surface area (Å²) in [5, 5.41) is 3.92. The summed E-state index contributed by atoms with van der Waals surface area (Å²) in [6.45, 7) is 0. The number of carbonyl (C=O) groups excluding carboxylic acids is 1. The number of carbonyl (C=O) groups is 1. The number of aromatic nitrogens is 3. The average molecular weight is 358 g/mol. The smallest absolute Gasteiger partial charge is 0.230 e. The Morgan fingerprint density at radius 3 is 2.89 bits per heavy atom. The molecule has 27 heavy (non-hydrogen) atoms. The van der Waals surface area contributed by atoms with E-state index < -0.39 is 0 Å². The molecule has 0 aliphatic rings. The second-order valence-electron chi connectivity index (χ2n) is 6.10. The van der Waals surface area contributed by atoms with Crippen molar-refractivity contribution in [2.24, 2.45) is 0 Å². The van der Waals surface area contributed by atoms with Gasteiger partial charge in [-0.05, 0) is 36.4 Å². The van der Waals surface area contributed by atoms with Crippen molar-refractivity contribution in [1.82, 2.24) is 15.0 Å². The third-order valence-electron chi connectivity index (χ3n) is 4.26. The van der Waals surface area contributed by atoms with Crippen LogP contribution in [0.5, 0.6) is 5.75 Å². The molecule has 0 spiro atoms. The van der Waals surface area contributed by atoms with Crippen molar-refractivity contribution in [3.63, 3.8) is 0 Å². The molecule has 6 heteroatoms. The van der Waals surface area contributed by atoms with Crippen LogP contribution >= 0.6 is 0 Å². The number of H-pyrrole nitrogens is 1. The van der Waals surface area contributed by atoms with Crippen LogP contribution in [0.1, 0.15) is 5.69 Å². The first-order valence-corrected chi connectivity index (χ1v) is 8.54. The lowest BCUT2D eigenvalue weighted by Gasteiger charge is -2.12. The zero-order chi connectivity index (χ0) is 18.6.